The maximum absolute atomic E-state index is 12.2. The lowest BCUT2D eigenvalue weighted by Gasteiger charge is -2.20. The first-order chi connectivity index (χ1) is 8.53. The Morgan fingerprint density at radius 3 is 2.17 bits per heavy atom. The molecule has 0 spiro atoms. The Bertz CT molecular complexity index is 299. The lowest BCUT2D eigenvalue weighted by molar-refractivity contribution is -0.146. The first kappa shape index (κ1) is 15.0. The van der Waals surface area contributed by atoms with E-state index in [2.05, 4.69) is 12.2 Å². The first-order valence-electron chi connectivity index (χ1n) is 7.06. The van der Waals surface area contributed by atoms with Gasteiger partial charge in [0, 0.05) is 6.04 Å². The van der Waals surface area contributed by atoms with Gasteiger partial charge in [0.2, 0.25) is 5.91 Å². The number of carbonyl (C=O) groups excluding carboxylic acids is 1. The zero-order valence-corrected chi connectivity index (χ0v) is 11.6. The number of aliphatic carboxylic acids is 1. The van der Waals surface area contributed by atoms with Crippen molar-refractivity contribution >= 4 is 11.9 Å². The highest BCUT2D eigenvalue weighted by Gasteiger charge is 2.42. The highest BCUT2D eigenvalue weighted by atomic mass is 16.4. The van der Waals surface area contributed by atoms with Gasteiger partial charge in [-0.2, -0.15) is 0 Å². The van der Waals surface area contributed by atoms with Gasteiger partial charge < -0.3 is 10.4 Å². The van der Waals surface area contributed by atoms with Gasteiger partial charge in [-0.3, -0.25) is 9.59 Å². The van der Waals surface area contributed by atoms with E-state index in [0.717, 1.165) is 25.7 Å². The first-order valence-corrected chi connectivity index (χ1v) is 7.06. The molecule has 1 aliphatic rings. The minimum atomic E-state index is -0.823. The van der Waals surface area contributed by atoms with Crippen LogP contribution in [0.4, 0.5) is 0 Å². The van der Waals surface area contributed by atoms with Crippen molar-refractivity contribution < 1.29 is 14.7 Å². The molecule has 1 rings (SSSR count). The van der Waals surface area contributed by atoms with E-state index >= 15 is 0 Å². The third-order valence-corrected chi connectivity index (χ3v) is 4.22. The van der Waals surface area contributed by atoms with Crippen molar-refractivity contribution in [2.75, 3.05) is 0 Å². The van der Waals surface area contributed by atoms with E-state index in [1.165, 1.54) is 0 Å². The molecule has 0 aromatic carbocycles. The normalized spacial score (nSPS) is 27.4. The van der Waals surface area contributed by atoms with Crippen LogP contribution in [-0.2, 0) is 9.59 Å². The van der Waals surface area contributed by atoms with Crippen LogP contribution in [0.25, 0.3) is 0 Å². The summed E-state index contributed by atoms with van der Waals surface area (Å²) in [4.78, 5) is 23.4. The van der Waals surface area contributed by atoms with Crippen LogP contribution < -0.4 is 5.32 Å². The van der Waals surface area contributed by atoms with Crippen molar-refractivity contribution in [2.24, 2.45) is 17.8 Å². The second-order valence-electron chi connectivity index (χ2n) is 5.32. The Labute approximate surface area is 109 Å². The van der Waals surface area contributed by atoms with E-state index in [1.807, 2.05) is 13.8 Å². The lowest BCUT2D eigenvalue weighted by atomic mass is 9.95. The van der Waals surface area contributed by atoms with Gasteiger partial charge >= 0.3 is 5.97 Å². The summed E-state index contributed by atoms with van der Waals surface area (Å²) >= 11 is 0. The summed E-state index contributed by atoms with van der Waals surface area (Å²) in [6, 6.07) is 0.174. The molecule has 0 saturated heterocycles. The van der Waals surface area contributed by atoms with Crippen LogP contribution in [0.3, 0.4) is 0 Å². The van der Waals surface area contributed by atoms with Crippen LogP contribution in [0.15, 0.2) is 0 Å². The summed E-state index contributed by atoms with van der Waals surface area (Å²) < 4.78 is 0. The van der Waals surface area contributed by atoms with Crippen LogP contribution >= 0.6 is 0 Å². The van der Waals surface area contributed by atoms with Crippen molar-refractivity contribution in [3.8, 4) is 0 Å². The van der Waals surface area contributed by atoms with Crippen molar-refractivity contribution in [2.45, 2.75) is 58.9 Å². The fraction of sp³-hybridized carbons (Fsp3) is 0.857. The topological polar surface area (TPSA) is 66.4 Å². The van der Waals surface area contributed by atoms with E-state index in [4.69, 9.17) is 0 Å². The van der Waals surface area contributed by atoms with Gasteiger partial charge in [0.15, 0.2) is 0 Å². The molecule has 0 radical (unpaired) electrons. The van der Waals surface area contributed by atoms with Gasteiger partial charge in [-0.1, -0.05) is 27.2 Å². The monoisotopic (exact) mass is 255 g/mol. The highest BCUT2D eigenvalue weighted by Crippen LogP contribution is 2.38. The fourth-order valence-corrected chi connectivity index (χ4v) is 2.84. The van der Waals surface area contributed by atoms with Crippen molar-refractivity contribution in [3.05, 3.63) is 0 Å². The second kappa shape index (κ2) is 6.76. The number of hydrogen-bond donors (Lipinski definition) is 2. The Balaban J connectivity index is 2.67. The molecule has 2 N–H and O–H groups in total. The third-order valence-electron chi connectivity index (χ3n) is 4.22. The maximum Gasteiger partial charge on any atom is 0.307 e. The molecule has 0 aromatic rings. The fourth-order valence-electron chi connectivity index (χ4n) is 2.84. The molecular weight excluding hydrogens is 230 g/mol. The maximum atomic E-state index is 12.2. The van der Waals surface area contributed by atoms with Gasteiger partial charge in [0.05, 0.1) is 11.8 Å². The quantitative estimate of drug-likeness (QED) is 0.766. The molecular formula is C14H25NO3. The van der Waals surface area contributed by atoms with Gasteiger partial charge in [0.1, 0.15) is 0 Å². The molecule has 0 aliphatic heterocycles. The zero-order valence-electron chi connectivity index (χ0n) is 11.6. The summed E-state index contributed by atoms with van der Waals surface area (Å²) in [7, 11) is 0. The molecule has 4 nitrogen and oxygen atoms in total. The van der Waals surface area contributed by atoms with Crippen LogP contribution in [0.2, 0.25) is 0 Å². The van der Waals surface area contributed by atoms with E-state index in [0.29, 0.717) is 12.3 Å². The smallest absolute Gasteiger partial charge is 0.307 e. The number of hydrogen-bond acceptors (Lipinski definition) is 2. The molecule has 0 heterocycles. The summed E-state index contributed by atoms with van der Waals surface area (Å²) in [6.45, 7) is 6.13. The summed E-state index contributed by atoms with van der Waals surface area (Å²) in [5.74, 6) is -1.34. The number of carboxylic acid groups (broad SMARTS) is 1. The predicted octanol–water partition coefficient (Wildman–Crippen LogP) is 2.43. The number of carbonyl (C=O) groups is 2. The van der Waals surface area contributed by atoms with Gasteiger partial charge in [-0.25, -0.2) is 0 Å². The second-order valence-corrected chi connectivity index (χ2v) is 5.32. The standard InChI is InChI=1S/C14H25NO3/c1-4-9-7-11(12(8-9)14(17)18)13(16)15-10(5-2)6-3/h9-12H,4-8H2,1-3H3,(H,15,16)(H,17,18). The van der Waals surface area contributed by atoms with Crippen LogP contribution in [-0.4, -0.2) is 23.0 Å². The lowest BCUT2D eigenvalue weighted by Crippen LogP contribution is -2.40. The molecule has 1 saturated carbocycles. The average Bonchev–Trinajstić information content (AvgIpc) is 2.80. The van der Waals surface area contributed by atoms with E-state index in [9.17, 15) is 14.7 Å². The Morgan fingerprint density at radius 1 is 1.17 bits per heavy atom. The number of amides is 1. The van der Waals surface area contributed by atoms with Gasteiger partial charge in [0.25, 0.3) is 0 Å². The molecule has 1 amide bonds. The largest absolute Gasteiger partial charge is 0.481 e. The average molecular weight is 255 g/mol. The molecule has 0 bridgehead atoms. The highest BCUT2D eigenvalue weighted by molar-refractivity contribution is 5.85. The summed E-state index contributed by atoms with van der Waals surface area (Å²) in [5.41, 5.74) is 0. The van der Waals surface area contributed by atoms with Gasteiger partial charge in [-0.05, 0) is 31.6 Å². The predicted molar refractivity (Wildman–Crippen MR) is 70.1 cm³/mol. The third kappa shape index (κ3) is 3.47. The van der Waals surface area contributed by atoms with Crippen LogP contribution in [0.5, 0.6) is 0 Å². The Kier molecular flexibility index (Phi) is 5.63. The van der Waals surface area contributed by atoms with Crippen molar-refractivity contribution in [1.29, 1.82) is 0 Å². The number of nitrogens with one attached hydrogen (secondary N) is 1. The molecule has 104 valence electrons. The van der Waals surface area contributed by atoms with E-state index in [1.54, 1.807) is 0 Å². The molecule has 18 heavy (non-hydrogen) atoms. The van der Waals surface area contributed by atoms with E-state index < -0.39 is 11.9 Å². The number of carboxylic acids is 1. The molecule has 0 aromatic heterocycles. The molecule has 4 heteroatoms. The molecule has 1 fully saturated rings. The minimum Gasteiger partial charge on any atom is -0.481 e. The molecule has 1 aliphatic carbocycles. The number of rotatable bonds is 6. The zero-order chi connectivity index (χ0) is 13.7. The minimum absolute atomic E-state index is 0.0629. The van der Waals surface area contributed by atoms with Crippen molar-refractivity contribution in [3.63, 3.8) is 0 Å². The summed E-state index contributed by atoms with van der Waals surface area (Å²) in [5, 5.41) is 12.2. The molecule has 3 unspecified atom stereocenters. The van der Waals surface area contributed by atoms with Crippen LogP contribution in [0.1, 0.15) is 52.9 Å². The van der Waals surface area contributed by atoms with Gasteiger partial charge in [-0.15, -0.1) is 0 Å². The SMILES string of the molecule is CCC1CC(C(=O)O)C(C(=O)NC(CC)CC)C1. The Morgan fingerprint density at radius 2 is 1.72 bits per heavy atom. The Hall–Kier alpha value is -1.06. The van der Waals surface area contributed by atoms with E-state index in [-0.39, 0.29) is 17.9 Å². The van der Waals surface area contributed by atoms with Crippen LogP contribution in [0, 0.1) is 17.8 Å². The van der Waals surface area contributed by atoms with Crippen molar-refractivity contribution in [1.82, 2.24) is 5.32 Å². The summed E-state index contributed by atoms with van der Waals surface area (Å²) in [6.07, 6.45) is 4.11. The molecule has 3 atom stereocenters.